The van der Waals surface area contributed by atoms with Gasteiger partial charge in [0.25, 0.3) is 5.91 Å². The van der Waals surface area contributed by atoms with Crippen molar-refractivity contribution in [3.63, 3.8) is 0 Å². The van der Waals surface area contributed by atoms with Gasteiger partial charge in [-0.05, 0) is 78.8 Å². The molecule has 0 bridgehead atoms. The second kappa shape index (κ2) is 16.2. The van der Waals surface area contributed by atoms with E-state index in [2.05, 4.69) is 15.2 Å². The van der Waals surface area contributed by atoms with Gasteiger partial charge in [-0.3, -0.25) is 29.4 Å². The zero-order chi connectivity index (χ0) is 41.7. The summed E-state index contributed by atoms with van der Waals surface area (Å²) in [5, 5.41) is 2.56. The van der Waals surface area contributed by atoms with Crippen LogP contribution in [0.1, 0.15) is 66.6 Å². The van der Waals surface area contributed by atoms with E-state index in [1.165, 1.54) is 36.1 Å². The van der Waals surface area contributed by atoms with Gasteiger partial charge in [-0.15, -0.1) is 0 Å². The lowest BCUT2D eigenvalue weighted by Crippen LogP contribution is -2.53. The second-order valence-electron chi connectivity index (χ2n) is 16.1. The lowest BCUT2D eigenvalue weighted by Gasteiger charge is -2.44. The Balaban J connectivity index is 0.966. The van der Waals surface area contributed by atoms with Crippen LogP contribution in [0.25, 0.3) is 27.6 Å². The molecule has 4 amide bonds. The number of carbonyl (C=O) groups excluding carboxylic acids is 4. The number of nitrogens with zero attached hydrogens (tertiary/aromatic N) is 5. The first kappa shape index (κ1) is 40.1. The topological polar surface area (TPSA) is 112 Å². The summed E-state index contributed by atoms with van der Waals surface area (Å²) in [6.07, 6.45) is 4.52. The molecule has 3 aromatic carbocycles. The van der Waals surface area contributed by atoms with Crippen molar-refractivity contribution in [1.82, 2.24) is 25.0 Å². The van der Waals surface area contributed by atoms with Crippen LogP contribution in [0.3, 0.4) is 0 Å². The van der Waals surface area contributed by atoms with Crippen LogP contribution < -0.4 is 15.1 Å². The van der Waals surface area contributed by atoms with Crippen LogP contribution in [-0.2, 0) is 14.4 Å². The molecule has 0 spiro atoms. The average Bonchev–Trinajstić information content (AvgIpc) is 3.68. The van der Waals surface area contributed by atoms with Gasteiger partial charge in [-0.1, -0.05) is 12.1 Å². The molecule has 2 N–H and O–H groups in total. The number of piperazine rings is 1. The van der Waals surface area contributed by atoms with Gasteiger partial charge < -0.3 is 24.6 Å². The Bertz CT molecular complexity index is 2380. The first-order valence-corrected chi connectivity index (χ1v) is 20.2. The van der Waals surface area contributed by atoms with Gasteiger partial charge in [0, 0.05) is 102 Å². The van der Waals surface area contributed by atoms with Crippen LogP contribution in [0, 0.1) is 23.3 Å². The molecule has 15 heteroatoms. The molecule has 0 aliphatic carbocycles. The highest BCUT2D eigenvalue weighted by Crippen LogP contribution is 2.40. The number of aromatic nitrogens is 1. The Morgan fingerprint density at radius 2 is 1.47 bits per heavy atom. The first-order valence-electron chi connectivity index (χ1n) is 20.2. The monoisotopic (exact) mass is 813 g/mol. The molecule has 1 aromatic heterocycles. The standard InChI is InChI=1S/C44H47F4N7O4/c1-25(56)55-14-4-5-27(24-55)31-22-32(33-23-35(44(59)51(2)3)49-42(33)40(31)47)30-7-10-37(41(48)39(30)46)54-19-17-52(18-20-54)28-12-15-53(16-13-28)36-9-6-26(21-34(36)45)29-8-11-38(57)50-43(29)58/h5-7,9-10,21-23,28-29,49H,4,8,11-20,24H2,1-3H3,(H,50,57,58). The summed E-state index contributed by atoms with van der Waals surface area (Å²) in [6.45, 7) is 5.55. The number of piperidine rings is 2. The fraction of sp³-hybridized carbons (Fsp3) is 0.409. The Morgan fingerprint density at radius 1 is 0.763 bits per heavy atom. The van der Waals surface area contributed by atoms with Crippen molar-refractivity contribution in [2.45, 2.75) is 51.0 Å². The SMILES string of the molecule is CC(=O)N1CCC=C(c2cc(-c3ccc(N4CCN(C5CCN(c6ccc(C7CCC(=O)NC7=O)cc6F)CC5)CC4)c(F)c3F)c3cc(C(=O)N(C)C)[nH]c3c2F)C1. The van der Waals surface area contributed by atoms with Gasteiger partial charge >= 0.3 is 0 Å². The number of hydrogen-bond acceptors (Lipinski definition) is 7. The molecule has 8 rings (SSSR count). The number of fused-ring (bicyclic) bond motifs is 1. The lowest BCUT2D eigenvalue weighted by molar-refractivity contribution is -0.134. The van der Waals surface area contributed by atoms with Crippen LogP contribution in [-0.4, -0.2) is 116 Å². The minimum Gasteiger partial charge on any atom is -0.369 e. The zero-order valence-corrected chi connectivity index (χ0v) is 33.3. The number of aromatic amines is 1. The van der Waals surface area contributed by atoms with E-state index in [-0.39, 0.29) is 69.8 Å². The molecule has 0 saturated carbocycles. The molecule has 1 unspecified atom stereocenters. The first-order chi connectivity index (χ1) is 28.3. The average molecular weight is 814 g/mol. The number of imide groups is 1. The van der Waals surface area contributed by atoms with Crippen molar-refractivity contribution in [2.75, 3.05) is 76.3 Å². The molecule has 11 nitrogen and oxygen atoms in total. The van der Waals surface area contributed by atoms with Crippen molar-refractivity contribution in [3.05, 3.63) is 88.6 Å². The van der Waals surface area contributed by atoms with Gasteiger partial charge in [-0.25, -0.2) is 17.6 Å². The van der Waals surface area contributed by atoms with E-state index in [4.69, 9.17) is 0 Å². The summed E-state index contributed by atoms with van der Waals surface area (Å²) in [5.74, 6) is -4.98. The second-order valence-corrected chi connectivity index (χ2v) is 16.1. The number of halogens is 4. The predicted octanol–water partition coefficient (Wildman–Crippen LogP) is 6.04. The molecule has 59 heavy (non-hydrogen) atoms. The molecule has 0 radical (unpaired) electrons. The summed E-state index contributed by atoms with van der Waals surface area (Å²) >= 11 is 0. The summed E-state index contributed by atoms with van der Waals surface area (Å²) < 4.78 is 64.2. The van der Waals surface area contributed by atoms with Gasteiger partial charge in [0.15, 0.2) is 17.5 Å². The molecule has 5 heterocycles. The van der Waals surface area contributed by atoms with E-state index >= 15 is 17.6 Å². The molecule has 310 valence electrons. The summed E-state index contributed by atoms with van der Waals surface area (Å²) in [7, 11) is 3.13. The molecule has 3 saturated heterocycles. The van der Waals surface area contributed by atoms with Crippen molar-refractivity contribution in [1.29, 1.82) is 0 Å². The van der Waals surface area contributed by atoms with Crippen LogP contribution >= 0.6 is 0 Å². The van der Waals surface area contributed by atoms with E-state index in [0.717, 1.165) is 12.8 Å². The number of benzene rings is 3. The third kappa shape index (κ3) is 7.68. The predicted molar refractivity (Wildman–Crippen MR) is 217 cm³/mol. The summed E-state index contributed by atoms with van der Waals surface area (Å²) in [4.78, 5) is 61.0. The third-order valence-corrected chi connectivity index (χ3v) is 12.4. The molecular weight excluding hydrogens is 767 g/mol. The maximum absolute atomic E-state index is 16.4. The van der Waals surface area contributed by atoms with Gasteiger partial charge in [-0.2, -0.15) is 0 Å². The highest BCUT2D eigenvalue weighted by atomic mass is 19.2. The van der Waals surface area contributed by atoms with E-state index in [1.54, 1.807) is 37.2 Å². The maximum Gasteiger partial charge on any atom is 0.269 e. The minimum atomic E-state index is -1.08. The highest BCUT2D eigenvalue weighted by Gasteiger charge is 2.33. The summed E-state index contributed by atoms with van der Waals surface area (Å²) in [5.41, 5.74) is 2.07. The fourth-order valence-electron chi connectivity index (χ4n) is 9.08. The summed E-state index contributed by atoms with van der Waals surface area (Å²) in [6, 6.07) is 11.1. The molecular formula is C44H47F4N7O4. The number of rotatable bonds is 7. The number of H-pyrrole nitrogens is 1. The van der Waals surface area contributed by atoms with Crippen LogP contribution in [0.4, 0.5) is 28.9 Å². The number of amides is 4. The third-order valence-electron chi connectivity index (χ3n) is 12.4. The minimum absolute atomic E-state index is 0.0118. The quantitative estimate of drug-likeness (QED) is 0.173. The normalized spacial score (nSPS) is 19.6. The molecule has 4 aliphatic rings. The van der Waals surface area contributed by atoms with Gasteiger partial charge in [0.1, 0.15) is 11.5 Å². The lowest BCUT2D eigenvalue weighted by atomic mass is 9.90. The van der Waals surface area contributed by atoms with E-state index in [0.29, 0.717) is 75.5 Å². The van der Waals surface area contributed by atoms with Crippen LogP contribution in [0.15, 0.2) is 48.5 Å². The number of hydrogen-bond donors (Lipinski definition) is 2. The zero-order valence-electron chi connectivity index (χ0n) is 33.3. The Labute approximate surface area is 339 Å². The Morgan fingerprint density at radius 3 is 2.15 bits per heavy atom. The van der Waals surface area contributed by atoms with Crippen molar-refractivity contribution in [2.24, 2.45) is 0 Å². The van der Waals surface area contributed by atoms with E-state index < -0.39 is 41.0 Å². The van der Waals surface area contributed by atoms with Gasteiger partial charge in [0.2, 0.25) is 17.7 Å². The van der Waals surface area contributed by atoms with Crippen molar-refractivity contribution >= 4 is 51.5 Å². The Kier molecular flexibility index (Phi) is 11.0. The fourth-order valence-corrected chi connectivity index (χ4v) is 9.08. The number of nitrogens with one attached hydrogen (secondary N) is 2. The molecule has 1 atom stereocenters. The molecule has 4 aromatic rings. The van der Waals surface area contributed by atoms with Crippen LogP contribution in [0.2, 0.25) is 0 Å². The Hall–Kier alpha value is -5.70. The van der Waals surface area contributed by atoms with Crippen LogP contribution in [0.5, 0.6) is 0 Å². The highest BCUT2D eigenvalue weighted by molar-refractivity contribution is 6.05. The van der Waals surface area contributed by atoms with Crippen molar-refractivity contribution < 1.29 is 36.7 Å². The molecule has 3 fully saturated rings. The van der Waals surface area contributed by atoms with Gasteiger partial charge in [0.05, 0.1) is 22.8 Å². The number of anilines is 2. The smallest absolute Gasteiger partial charge is 0.269 e. The van der Waals surface area contributed by atoms with E-state index in [9.17, 15) is 19.2 Å². The van der Waals surface area contributed by atoms with E-state index in [1.807, 2.05) is 15.9 Å². The molecule has 4 aliphatic heterocycles. The maximum atomic E-state index is 16.4. The largest absolute Gasteiger partial charge is 0.369 e. The van der Waals surface area contributed by atoms with Crippen molar-refractivity contribution in [3.8, 4) is 11.1 Å². The number of carbonyl (C=O) groups is 4.